The third-order valence-corrected chi connectivity index (χ3v) is 4.30. The summed E-state index contributed by atoms with van der Waals surface area (Å²) >= 11 is 6.59. The van der Waals surface area contributed by atoms with Crippen molar-refractivity contribution in [3.8, 4) is 17.2 Å². The van der Waals surface area contributed by atoms with E-state index >= 15 is 0 Å². The van der Waals surface area contributed by atoms with E-state index in [2.05, 4.69) is 31.9 Å². The Morgan fingerprint density at radius 3 is 2.73 bits per heavy atom. The van der Waals surface area contributed by atoms with E-state index in [0.29, 0.717) is 27.1 Å². The molecule has 0 amide bonds. The van der Waals surface area contributed by atoms with Crippen LogP contribution in [0.5, 0.6) is 17.2 Å². The zero-order valence-electron chi connectivity index (χ0n) is 11.4. The van der Waals surface area contributed by atoms with E-state index in [1.165, 1.54) is 7.11 Å². The molecule has 0 saturated heterocycles. The standard InChI is InChI=1S/C16H10Br2O4/c1-21-13-5-8(4-11(18)16(13)20)6-14-15(19)10-7-9(17)2-3-12(10)22-14/h2-7,20H,1H3/b14-6-. The van der Waals surface area contributed by atoms with E-state index in [4.69, 9.17) is 9.47 Å². The van der Waals surface area contributed by atoms with Gasteiger partial charge in [-0.1, -0.05) is 15.9 Å². The van der Waals surface area contributed by atoms with Gasteiger partial charge in [-0.15, -0.1) is 0 Å². The number of phenols is 1. The Bertz CT molecular complexity index is 812. The molecule has 1 N–H and O–H groups in total. The summed E-state index contributed by atoms with van der Waals surface area (Å²) in [7, 11) is 1.46. The first kappa shape index (κ1) is 15.1. The van der Waals surface area contributed by atoms with Crippen LogP contribution < -0.4 is 9.47 Å². The second-order valence-corrected chi connectivity index (χ2v) is 6.40. The molecule has 0 spiro atoms. The minimum atomic E-state index is -0.181. The SMILES string of the molecule is COc1cc(/C=C2\Oc3ccc(Br)cc3C2=O)cc(Br)c1O. The lowest BCUT2D eigenvalue weighted by molar-refractivity contribution is 0.101. The molecule has 0 fully saturated rings. The van der Waals surface area contributed by atoms with Crippen molar-refractivity contribution in [2.24, 2.45) is 0 Å². The fourth-order valence-corrected chi connectivity index (χ4v) is 2.97. The van der Waals surface area contributed by atoms with Gasteiger partial charge in [0.15, 0.2) is 17.3 Å². The van der Waals surface area contributed by atoms with Gasteiger partial charge in [-0.05, 0) is 57.9 Å². The summed E-state index contributed by atoms with van der Waals surface area (Å²) in [6, 6.07) is 8.59. The smallest absolute Gasteiger partial charge is 0.232 e. The highest BCUT2D eigenvalue weighted by Gasteiger charge is 2.27. The van der Waals surface area contributed by atoms with Crippen LogP contribution in [-0.4, -0.2) is 18.0 Å². The summed E-state index contributed by atoms with van der Waals surface area (Å²) in [5.74, 6) is 0.902. The molecule has 22 heavy (non-hydrogen) atoms. The normalized spacial score (nSPS) is 14.9. The highest BCUT2D eigenvalue weighted by Crippen LogP contribution is 2.37. The van der Waals surface area contributed by atoms with Crippen molar-refractivity contribution in [1.82, 2.24) is 0 Å². The minimum Gasteiger partial charge on any atom is -0.503 e. The molecule has 0 unspecified atom stereocenters. The Hall–Kier alpha value is -1.79. The molecule has 3 rings (SSSR count). The van der Waals surface area contributed by atoms with Crippen LogP contribution in [0.4, 0.5) is 0 Å². The number of hydrogen-bond donors (Lipinski definition) is 1. The molecule has 0 atom stereocenters. The Kier molecular flexibility index (Phi) is 3.97. The summed E-state index contributed by atoms with van der Waals surface area (Å²) < 4.78 is 12.0. The Balaban J connectivity index is 2.01. The molecule has 0 aromatic heterocycles. The average molecular weight is 426 g/mol. The predicted molar refractivity (Wildman–Crippen MR) is 89.4 cm³/mol. The van der Waals surface area contributed by atoms with Crippen molar-refractivity contribution in [1.29, 1.82) is 0 Å². The second kappa shape index (κ2) is 5.78. The first-order valence-electron chi connectivity index (χ1n) is 6.30. The van der Waals surface area contributed by atoms with Crippen molar-refractivity contribution in [2.45, 2.75) is 0 Å². The molecule has 2 aromatic rings. The van der Waals surface area contributed by atoms with Crippen molar-refractivity contribution < 1.29 is 19.4 Å². The molecule has 6 heteroatoms. The van der Waals surface area contributed by atoms with Gasteiger partial charge in [0, 0.05) is 4.47 Å². The van der Waals surface area contributed by atoms with Gasteiger partial charge in [-0.3, -0.25) is 4.79 Å². The molecule has 112 valence electrons. The van der Waals surface area contributed by atoms with Gasteiger partial charge in [0.2, 0.25) is 5.78 Å². The zero-order valence-corrected chi connectivity index (χ0v) is 14.6. The van der Waals surface area contributed by atoms with E-state index in [9.17, 15) is 9.90 Å². The zero-order chi connectivity index (χ0) is 15.9. The van der Waals surface area contributed by atoms with Gasteiger partial charge in [0.25, 0.3) is 0 Å². The molecule has 1 aliphatic rings. The maximum atomic E-state index is 12.4. The van der Waals surface area contributed by atoms with Gasteiger partial charge in [0.1, 0.15) is 5.75 Å². The van der Waals surface area contributed by atoms with E-state index in [1.54, 1.807) is 30.3 Å². The Morgan fingerprint density at radius 2 is 2.00 bits per heavy atom. The average Bonchev–Trinajstić information content (AvgIpc) is 2.79. The van der Waals surface area contributed by atoms with Gasteiger partial charge in [0.05, 0.1) is 17.1 Å². The maximum absolute atomic E-state index is 12.4. The maximum Gasteiger partial charge on any atom is 0.232 e. The first-order valence-corrected chi connectivity index (χ1v) is 7.88. The molecule has 1 heterocycles. The second-order valence-electron chi connectivity index (χ2n) is 4.63. The third kappa shape index (κ3) is 2.64. The number of ether oxygens (including phenoxy) is 2. The number of Topliss-reactive ketones (excluding diaryl/α,β-unsaturated/α-hetero) is 1. The van der Waals surface area contributed by atoms with E-state index in [-0.39, 0.29) is 17.3 Å². The largest absolute Gasteiger partial charge is 0.503 e. The number of ketones is 1. The van der Waals surface area contributed by atoms with Crippen LogP contribution in [0, 0.1) is 0 Å². The summed E-state index contributed by atoms with van der Waals surface area (Å²) in [5, 5.41) is 9.81. The van der Waals surface area contributed by atoms with Crippen LogP contribution >= 0.6 is 31.9 Å². The number of hydrogen-bond acceptors (Lipinski definition) is 4. The monoisotopic (exact) mass is 424 g/mol. The van der Waals surface area contributed by atoms with Gasteiger partial charge >= 0.3 is 0 Å². The van der Waals surface area contributed by atoms with Crippen molar-refractivity contribution in [3.63, 3.8) is 0 Å². The number of allylic oxidation sites excluding steroid dienone is 1. The Morgan fingerprint density at radius 1 is 1.23 bits per heavy atom. The number of methoxy groups -OCH3 is 1. The lowest BCUT2D eigenvalue weighted by atomic mass is 10.1. The molecular formula is C16H10Br2O4. The van der Waals surface area contributed by atoms with E-state index in [0.717, 1.165) is 4.47 Å². The molecule has 0 bridgehead atoms. The number of benzene rings is 2. The number of carbonyl (C=O) groups is 1. The topological polar surface area (TPSA) is 55.8 Å². The van der Waals surface area contributed by atoms with Gasteiger partial charge in [-0.25, -0.2) is 0 Å². The predicted octanol–water partition coefficient (Wildman–Crippen LogP) is 4.54. The molecule has 4 nitrogen and oxygen atoms in total. The fourth-order valence-electron chi connectivity index (χ4n) is 2.15. The Labute approximate surface area is 143 Å². The van der Waals surface area contributed by atoms with Crippen molar-refractivity contribution >= 4 is 43.7 Å². The number of rotatable bonds is 2. The molecule has 0 saturated carbocycles. The quantitative estimate of drug-likeness (QED) is 0.717. The van der Waals surface area contributed by atoms with Crippen molar-refractivity contribution in [2.75, 3.05) is 7.11 Å². The first-order chi connectivity index (χ1) is 10.5. The van der Waals surface area contributed by atoms with Crippen LogP contribution in [0.15, 0.2) is 45.0 Å². The lowest BCUT2D eigenvalue weighted by Gasteiger charge is -2.07. The number of carbonyl (C=O) groups excluding carboxylic acids is 1. The molecular weight excluding hydrogens is 416 g/mol. The minimum absolute atomic E-state index is 0.00975. The molecule has 0 radical (unpaired) electrons. The van der Waals surface area contributed by atoms with Crippen LogP contribution in [-0.2, 0) is 0 Å². The van der Waals surface area contributed by atoms with E-state index in [1.807, 2.05) is 6.07 Å². The van der Waals surface area contributed by atoms with Crippen LogP contribution in [0.25, 0.3) is 6.08 Å². The van der Waals surface area contributed by atoms with E-state index < -0.39 is 0 Å². The summed E-state index contributed by atoms with van der Waals surface area (Å²) in [4.78, 5) is 12.4. The highest BCUT2D eigenvalue weighted by molar-refractivity contribution is 9.10. The molecule has 0 aliphatic carbocycles. The van der Waals surface area contributed by atoms with Gasteiger partial charge < -0.3 is 14.6 Å². The van der Waals surface area contributed by atoms with Crippen LogP contribution in [0.2, 0.25) is 0 Å². The summed E-state index contributed by atoms with van der Waals surface area (Å²) in [5.41, 5.74) is 1.20. The number of aromatic hydroxyl groups is 1. The van der Waals surface area contributed by atoms with Crippen molar-refractivity contribution in [3.05, 3.63) is 56.2 Å². The molecule has 1 aliphatic heterocycles. The summed E-state index contributed by atoms with van der Waals surface area (Å²) in [6.45, 7) is 0. The molecule has 2 aromatic carbocycles. The summed E-state index contributed by atoms with van der Waals surface area (Å²) in [6.07, 6.45) is 1.61. The number of halogens is 2. The highest BCUT2D eigenvalue weighted by atomic mass is 79.9. The van der Waals surface area contributed by atoms with Crippen LogP contribution in [0.1, 0.15) is 15.9 Å². The fraction of sp³-hybridized carbons (Fsp3) is 0.0625. The number of fused-ring (bicyclic) bond motifs is 1. The van der Waals surface area contributed by atoms with Gasteiger partial charge in [-0.2, -0.15) is 0 Å². The number of phenolic OH excluding ortho intramolecular Hbond substituents is 1. The lowest BCUT2D eigenvalue weighted by Crippen LogP contribution is -1.98. The third-order valence-electron chi connectivity index (χ3n) is 3.20. The van der Waals surface area contributed by atoms with Crippen LogP contribution in [0.3, 0.4) is 0 Å².